The molecule has 2 unspecified atom stereocenters. The van der Waals surface area contributed by atoms with Gasteiger partial charge < -0.3 is 21.3 Å². The van der Waals surface area contributed by atoms with Crippen LogP contribution in [0.3, 0.4) is 0 Å². The SMILES string of the molecule is CC(C)CNC(=O)CNC(=O)C1CNC(C)CN1. The van der Waals surface area contributed by atoms with Crippen LogP contribution in [0.2, 0.25) is 0 Å². The summed E-state index contributed by atoms with van der Waals surface area (Å²) >= 11 is 0. The van der Waals surface area contributed by atoms with E-state index >= 15 is 0 Å². The molecule has 1 fully saturated rings. The Balaban J connectivity index is 2.18. The molecule has 104 valence electrons. The lowest BCUT2D eigenvalue weighted by molar-refractivity contribution is -0.127. The van der Waals surface area contributed by atoms with Crippen molar-refractivity contribution in [2.24, 2.45) is 5.92 Å². The van der Waals surface area contributed by atoms with Crippen LogP contribution in [-0.4, -0.2) is 50.1 Å². The van der Waals surface area contributed by atoms with Crippen LogP contribution in [-0.2, 0) is 9.59 Å². The lowest BCUT2D eigenvalue weighted by Gasteiger charge is -2.28. The Bertz CT molecular complexity index is 286. The van der Waals surface area contributed by atoms with E-state index in [1.54, 1.807) is 0 Å². The zero-order chi connectivity index (χ0) is 13.5. The predicted octanol–water partition coefficient (Wildman–Crippen LogP) is -1.18. The highest BCUT2D eigenvalue weighted by molar-refractivity contribution is 5.87. The third-order valence-electron chi connectivity index (χ3n) is 2.79. The van der Waals surface area contributed by atoms with Crippen molar-refractivity contribution < 1.29 is 9.59 Å². The number of nitrogens with one attached hydrogen (secondary N) is 4. The summed E-state index contributed by atoms with van der Waals surface area (Å²) in [5, 5.41) is 11.7. The Morgan fingerprint density at radius 1 is 1.22 bits per heavy atom. The van der Waals surface area contributed by atoms with E-state index in [4.69, 9.17) is 0 Å². The summed E-state index contributed by atoms with van der Waals surface area (Å²) in [7, 11) is 0. The Hall–Kier alpha value is -1.14. The van der Waals surface area contributed by atoms with Gasteiger partial charge in [0.2, 0.25) is 11.8 Å². The molecule has 0 radical (unpaired) electrons. The molecule has 0 spiro atoms. The standard InChI is InChI=1S/C12H24N4O2/c1-8(2)4-15-11(17)7-16-12(18)10-6-13-9(3)5-14-10/h8-10,13-14H,4-7H2,1-3H3,(H,15,17)(H,16,18). The minimum Gasteiger partial charge on any atom is -0.354 e. The maximum Gasteiger partial charge on any atom is 0.239 e. The number of rotatable bonds is 5. The zero-order valence-electron chi connectivity index (χ0n) is 11.4. The average molecular weight is 256 g/mol. The van der Waals surface area contributed by atoms with E-state index < -0.39 is 0 Å². The molecule has 6 nitrogen and oxygen atoms in total. The van der Waals surface area contributed by atoms with Crippen molar-refractivity contribution >= 4 is 11.8 Å². The van der Waals surface area contributed by atoms with Crippen molar-refractivity contribution in [1.82, 2.24) is 21.3 Å². The first kappa shape index (κ1) is 14.9. The molecule has 1 saturated heterocycles. The maximum atomic E-state index is 11.8. The van der Waals surface area contributed by atoms with Crippen LogP contribution >= 0.6 is 0 Å². The van der Waals surface area contributed by atoms with Crippen molar-refractivity contribution in [3.05, 3.63) is 0 Å². The van der Waals surface area contributed by atoms with Crippen molar-refractivity contribution in [2.75, 3.05) is 26.2 Å². The van der Waals surface area contributed by atoms with E-state index in [0.717, 1.165) is 6.54 Å². The highest BCUT2D eigenvalue weighted by Gasteiger charge is 2.23. The molecular weight excluding hydrogens is 232 g/mol. The number of carbonyl (C=O) groups excluding carboxylic acids is 2. The van der Waals surface area contributed by atoms with Crippen LogP contribution < -0.4 is 21.3 Å². The number of hydrogen-bond donors (Lipinski definition) is 4. The van der Waals surface area contributed by atoms with E-state index in [1.165, 1.54) is 0 Å². The molecule has 0 saturated carbocycles. The van der Waals surface area contributed by atoms with Gasteiger partial charge in [0.15, 0.2) is 0 Å². The molecule has 4 N–H and O–H groups in total. The maximum absolute atomic E-state index is 11.8. The molecule has 1 aliphatic rings. The molecule has 1 rings (SSSR count). The molecule has 0 aromatic heterocycles. The minimum atomic E-state index is -0.251. The summed E-state index contributed by atoms with van der Waals surface area (Å²) in [6.07, 6.45) is 0. The van der Waals surface area contributed by atoms with E-state index in [0.29, 0.717) is 25.0 Å². The Labute approximate surface area is 108 Å². The van der Waals surface area contributed by atoms with Crippen LogP contribution in [0.1, 0.15) is 20.8 Å². The Morgan fingerprint density at radius 3 is 2.50 bits per heavy atom. The van der Waals surface area contributed by atoms with Gasteiger partial charge in [-0.15, -0.1) is 0 Å². The molecule has 18 heavy (non-hydrogen) atoms. The van der Waals surface area contributed by atoms with Crippen LogP contribution in [0.4, 0.5) is 0 Å². The van der Waals surface area contributed by atoms with Crippen molar-refractivity contribution in [1.29, 1.82) is 0 Å². The summed E-state index contributed by atoms with van der Waals surface area (Å²) in [6, 6.07) is 0.127. The summed E-state index contributed by atoms with van der Waals surface area (Å²) in [6.45, 7) is 8.14. The highest BCUT2D eigenvalue weighted by Crippen LogP contribution is 1.92. The highest BCUT2D eigenvalue weighted by atomic mass is 16.2. The Kier molecular flexibility index (Phi) is 6.07. The van der Waals surface area contributed by atoms with Gasteiger partial charge in [-0.25, -0.2) is 0 Å². The first-order valence-corrected chi connectivity index (χ1v) is 6.50. The van der Waals surface area contributed by atoms with Crippen LogP contribution in [0.15, 0.2) is 0 Å². The number of piperazine rings is 1. The molecule has 1 aliphatic heterocycles. The summed E-state index contributed by atoms with van der Waals surface area (Å²) in [4.78, 5) is 23.2. The van der Waals surface area contributed by atoms with E-state index in [2.05, 4.69) is 28.2 Å². The minimum absolute atomic E-state index is 0.0410. The fourth-order valence-electron chi connectivity index (χ4n) is 1.64. The quantitative estimate of drug-likeness (QED) is 0.499. The summed E-state index contributed by atoms with van der Waals surface area (Å²) in [5.41, 5.74) is 0. The smallest absolute Gasteiger partial charge is 0.239 e. The Morgan fingerprint density at radius 2 is 1.94 bits per heavy atom. The van der Waals surface area contributed by atoms with Gasteiger partial charge >= 0.3 is 0 Å². The molecule has 2 atom stereocenters. The van der Waals surface area contributed by atoms with E-state index in [1.807, 2.05) is 13.8 Å². The van der Waals surface area contributed by atoms with Crippen molar-refractivity contribution in [3.63, 3.8) is 0 Å². The van der Waals surface area contributed by atoms with Gasteiger partial charge in [0, 0.05) is 25.7 Å². The zero-order valence-corrected chi connectivity index (χ0v) is 11.4. The number of carbonyl (C=O) groups is 2. The van der Waals surface area contributed by atoms with Gasteiger partial charge in [-0.05, 0) is 12.8 Å². The lowest BCUT2D eigenvalue weighted by atomic mass is 10.1. The lowest BCUT2D eigenvalue weighted by Crippen LogP contribution is -2.59. The normalized spacial score (nSPS) is 23.8. The second-order valence-electron chi connectivity index (χ2n) is 5.19. The molecular formula is C12H24N4O2. The van der Waals surface area contributed by atoms with Gasteiger partial charge in [0.25, 0.3) is 0 Å². The van der Waals surface area contributed by atoms with Crippen LogP contribution in [0.25, 0.3) is 0 Å². The fraction of sp³-hybridized carbons (Fsp3) is 0.833. The van der Waals surface area contributed by atoms with E-state index in [-0.39, 0.29) is 24.4 Å². The van der Waals surface area contributed by atoms with Crippen LogP contribution in [0.5, 0.6) is 0 Å². The first-order chi connectivity index (χ1) is 8.49. The van der Waals surface area contributed by atoms with E-state index in [9.17, 15) is 9.59 Å². The number of amides is 2. The van der Waals surface area contributed by atoms with Gasteiger partial charge in [-0.3, -0.25) is 9.59 Å². The molecule has 0 aromatic carbocycles. The first-order valence-electron chi connectivity index (χ1n) is 6.50. The molecule has 6 heteroatoms. The van der Waals surface area contributed by atoms with Crippen molar-refractivity contribution in [2.45, 2.75) is 32.9 Å². The molecule has 0 aromatic rings. The average Bonchev–Trinajstić information content (AvgIpc) is 2.34. The van der Waals surface area contributed by atoms with Gasteiger partial charge in [0.05, 0.1) is 12.6 Å². The van der Waals surface area contributed by atoms with Crippen molar-refractivity contribution in [3.8, 4) is 0 Å². The fourth-order valence-corrected chi connectivity index (χ4v) is 1.64. The second kappa shape index (κ2) is 7.33. The third-order valence-corrected chi connectivity index (χ3v) is 2.79. The molecule has 0 aliphatic carbocycles. The molecule has 2 amide bonds. The summed E-state index contributed by atoms with van der Waals surface area (Å²) in [5.74, 6) is 0.138. The second-order valence-corrected chi connectivity index (χ2v) is 5.19. The largest absolute Gasteiger partial charge is 0.354 e. The van der Waals surface area contributed by atoms with Gasteiger partial charge in [-0.2, -0.15) is 0 Å². The van der Waals surface area contributed by atoms with Gasteiger partial charge in [-0.1, -0.05) is 13.8 Å². The van der Waals surface area contributed by atoms with Crippen LogP contribution in [0, 0.1) is 5.92 Å². The molecule has 1 heterocycles. The van der Waals surface area contributed by atoms with Gasteiger partial charge in [0.1, 0.15) is 0 Å². The topological polar surface area (TPSA) is 82.3 Å². The third kappa shape index (κ3) is 5.46. The summed E-state index contributed by atoms with van der Waals surface area (Å²) < 4.78 is 0. The molecule has 0 bridgehead atoms. The predicted molar refractivity (Wildman–Crippen MR) is 70.1 cm³/mol. The monoisotopic (exact) mass is 256 g/mol. The number of hydrogen-bond acceptors (Lipinski definition) is 4.